The first kappa shape index (κ1) is 13.4. The highest BCUT2D eigenvalue weighted by molar-refractivity contribution is 5.04. The van der Waals surface area contributed by atoms with Gasteiger partial charge in [-0.15, -0.1) is 0 Å². The molecule has 2 N–H and O–H groups in total. The van der Waals surface area contributed by atoms with Crippen molar-refractivity contribution in [1.29, 1.82) is 0 Å². The summed E-state index contributed by atoms with van der Waals surface area (Å²) in [5.41, 5.74) is 7.19. The molecule has 4 bridgehead atoms. The molecule has 0 aromatic heterocycles. The van der Waals surface area contributed by atoms with Gasteiger partial charge >= 0.3 is 0 Å². The van der Waals surface area contributed by atoms with E-state index in [1.807, 2.05) is 0 Å². The van der Waals surface area contributed by atoms with Gasteiger partial charge in [-0.05, 0) is 99.7 Å². The van der Waals surface area contributed by atoms with E-state index >= 15 is 0 Å². The highest BCUT2D eigenvalue weighted by Crippen LogP contribution is 2.58. The first-order chi connectivity index (χ1) is 10.2. The molecule has 6 aliphatic rings. The lowest BCUT2D eigenvalue weighted by molar-refractivity contribution is -0.154. The van der Waals surface area contributed by atoms with Crippen LogP contribution in [0, 0.1) is 35.5 Å². The van der Waals surface area contributed by atoms with Crippen LogP contribution in [0.3, 0.4) is 0 Å². The number of nitrogens with two attached hydrogens (primary N) is 1. The van der Waals surface area contributed by atoms with Crippen LogP contribution >= 0.6 is 0 Å². The molecule has 2 atom stereocenters. The van der Waals surface area contributed by atoms with Crippen LogP contribution in [-0.2, 0) is 4.74 Å². The van der Waals surface area contributed by atoms with Gasteiger partial charge in [0.1, 0.15) is 0 Å². The number of hydrogen-bond donors (Lipinski definition) is 1. The summed E-state index contributed by atoms with van der Waals surface area (Å²) in [7, 11) is 0. The molecule has 6 fully saturated rings. The zero-order valence-electron chi connectivity index (χ0n) is 13.3. The largest absolute Gasteiger partial charge is 0.375 e. The van der Waals surface area contributed by atoms with Crippen LogP contribution in [0.1, 0.15) is 64.2 Å². The Bertz CT molecular complexity index is 388. The van der Waals surface area contributed by atoms with E-state index in [1.165, 1.54) is 57.8 Å². The van der Waals surface area contributed by atoms with Gasteiger partial charge in [-0.25, -0.2) is 0 Å². The van der Waals surface area contributed by atoms with Gasteiger partial charge in [-0.2, -0.15) is 0 Å². The van der Waals surface area contributed by atoms with Gasteiger partial charge in [0.15, 0.2) is 0 Å². The van der Waals surface area contributed by atoms with E-state index in [0.717, 1.165) is 42.1 Å². The lowest BCUT2D eigenvalue weighted by Crippen LogP contribution is -2.56. The van der Waals surface area contributed by atoms with Crippen molar-refractivity contribution in [2.75, 3.05) is 6.61 Å². The predicted octanol–water partition coefficient (Wildman–Crippen LogP) is 3.74. The summed E-state index contributed by atoms with van der Waals surface area (Å²) >= 11 is 0. The summed E-state index contributed by atoms with van der Waals surface area (Å²) in [5, 5.41) is 0. The molecular formula is C19H31NO. The molecule has 5 aliphatic carbocycles. The Balaban J connectivity index is 1.33. The Morgan fingerprint density at radius 3 is 2.19 bits per heavy atom. The fraction of sp³-hybridized carbons (Fsp3) is 1.00. The van der Waals surface area contributed by atoms with Crippen molar-refractivity contribution in [3.05, 3.63) is 0 Å². The summed E-state index contributed by atoms with van der Waals surface area (Å²) in [5.74, 6) is 5.72. The lowest BCUT2D eigenvalue weighted by atomic mass is 9.49. The summed E-state index contributed by atoms with van der Waals surface area (Å²) in [6.07, 6.45) is 14.1. The van der Waals surface area contributed by atoms with Crippen molar-refractivity contribution >= 4 is 0 Å². The van der Waals surface area contributed by atoms with E-state index in [2.05, 4.69) is 0 Å². The highest BCUT2D eigenvalue weighted by Gasteiger charge is 2.52. The number of rotatable bonds is 2. The standard InChI is InChI=1S/C19H31NO/c20-18(14-2-5-21-19(11-14)3-1-4-19)17-15-7-12-6-13(9-15)10-16(17)8-12/h12-18H,1-11,20H2. The van der Waals surface area contributed by atoms with E-state index in [-0.39, 0.29) is 5.60 Å². The normalized spacial score (nSPS) is 51.9. The fourth-order valence-electron chi connectivity index (χ4n) is 7.22. The Morgan fingerprint density at radius 2 is 1.62 bits per heavy atom. The number of hydrogen-bond acceptors (Lipinski definition) is 2. The quantitative estimate of drug-likeness (QED) is 0.840. The van der Waals surface area contributed by atoms with E-state index in [9.17, 15) is 0 Å². The molecule has 0 radical (unpaired) electrons. The summed E-state index contributed by atoms with van der Waals surface area (Å²) in [6, 6.07) is 0.473. The lowest BCUT2D eigenvalue weighted by Gasteiger charge is -2.58. The third kappa shape index (κ3) is 2.05. The maximum Gasteiger partial charge on any atom is 0.0685 e. The van der Waals surface area contributed by atoms with Crippen molar-refractivity contribution in [2.24, 2.45) is 41.2 Å². The van der Waals surface area contributed by atoms with Crippen LogP contribution in [0.2, 0.25) is 0 Å². The minimum Gasteiger partial charge on any atom is -0.375 e. The van der Waals surface area contributed by atoms with Crippen molar-refractivity contribution in [1.82, 2.24) is 0 Å². The first-order valence-electron chi connectivity index (χ1n) is 9.62. The Morgan fingerprint density at radius 1 is 0.952 bits per heavy atom. The molecule has 0 aromatic carbocycles. The van der Waals surface area contributed by atoms with Gasteiger partial charge in [0, 0.05) is 12.6 Å². The van der Waals surface area contributed by atoms with Crippen molar-refractivity contribution in [3.8, 4) is 0 Å². The van der Waals surface area contributed by atoms with Crippen LogP contribution in [0.4, 0.5) is 0 Å². The van der Waals surface area contributed by atoms with Crippen LogP contribution < -0.4 is 5.73 Å². The zero-order valence-corrected chi connectivity index (χ0v) is 13.3. The van der Waals surface area contributed by atoms with Gasteiger partial charge in [0.05, 0.1) is 5.60 Å². The average Bonchev–Trinajstić information content (AvgIpc) is 2.44. The minimum atomic E-state index is 0.270. The molecule has 0 amide bonds. The van der Waals surface area contributed by atoms with Gasteiger partial charge in [0.25, 0.3) is 0 Å². The van der Waals surface area contributed by atoms with Crippen LogP contribution in [0.15, 0.2) is 0 Å². The molecule has 2 nitrogen and oxygen atoms in total. The summed E-state index contributed by atoms with van der Waals surface area (Å²) in [4.78, 5) is 0. The molecular weight excluding hydrogens is 258 g/mol. The van der Waals surface area contributed by atoms with E-state index in [1.54, 1.807) is 6.42 Å². The van der Waals surface area contributed by atoms with E-state index in [4.69, 9.17) is 10.5 Å². The monoisotopic (exact) mass is 289 g/mol. The van der Waals surface area contributed by atoms with Gasteiger partial charge in [0.2, 0.25) is 0 Å². The fourth-order valence-corrected chi connectivity index (χ4v) is 7.22. The van der Waals surface area contributed by atoms with Crippen molar-refractivity contribution in [2.45, 2.75) is 75.9 Å². The second-order valence-electron chi connectivity index (χ2n) is 9.22. The Kier molecular flexibility index (Phi) is 3.00. The van der Waals surface area contributed by atoms with E-state index in [0.29, 0.717) is 6.04 Å². The Hall–Kier alpha value is -0.0800. The summed E-state index contributed by atoms with van der Waals surface area (Å²) < 4.78 is 6.13. The number of ether oxygens (including phenoxy) is 1. The zero-order chi connectivity index (χ0) is 14.0. The first-order valence-corrected chi connectivity index (χ1v) is 9.62. The van der Waals surface area contributed by atoms with E-state index < -0.39 is 0 Å². The Labute approximate surface area is 129 Å². The molecule has 0 aromatic rings. The maximum atomic E-state index is 6.92. The molecule has 6 rings (SSSR count). The second kappa shape index (κ2) is 4.71. The van der Waals surface area contributed by atoms with Gasteiger partial charge < -0.3 is 10.5 Å². The maximum absolute atomic E-state index is 6.92. The molecule has 2 unspecified atom stereocenters. The highest BCUT2D eigenvalue weighted by atomic mass is 16.5. The van der Waals surface area contributed by atoms with Crippen LogP contribution in [0.5, 0.6) is 0 Å². The second-order valence-corrected chi connectivity index (χ2v) is 9.22. The smallest absolute Gasteiger partial charge is 0.0685 e. The third-order valence-electron chi connectivity index (χ3n) is 8.08. The van der Waals surface area contributed by atoms with Crippen LogP contribution in [0.25, 0.3) is 0 Å². The molecule has 118 valence electrons. The van der Waals surface area contributed by atoms with Crippen molar-refractivity contribution < 1.29 is 4.74 Å². The topological polar surface area (TPSA) is 35.2 Å². The molecule has 2 heteroatoms. The molecule has 5 saturated carbocycles. The molecule has 1 aliphatic heterocycles. The van der Waals surface area contributed by atoms with Gasteiger partial charge in [-0.1, -0.05) is 0 Å². The average molecular weight is 289 g/mol. The van der Waals surface area contributed by atoms with Gasteiger partial charge in [-0.3, -0.25) is 0 Å². The van der Waals surface area contributed by atoms with Crippen LogP contribution in [-0.4, -0.2) is 18.2 Å². The SMILES string of the molecule is NC(C1CCOC2(CCC2)C1)C1C2CC3CC(C2)CC1C3. The molecule has 1 heterocycles. The molecule has 21 heavy (non-hydrogen) atoms. The molecule has 1 saturated heterocycles. The third-order valence-corrected chi connectivity index (χ3v) is 8.08. The van der Waals surface area contributed by atoms with Crippen molar-refractivity contribution in [3.63, 3.8) is 0 Å². The predicted molar refractivity (Wildman–Crippen MR) is 83.8 cm³/mol. The summed E-state index contributed by atoms with van der Waals surface area (Å²) in [6.45, 7) is 0.978. The molecule has 1 spiro atoms. The minimum absolute atomic E-state index is 0.270.